The van der Waals surface area contributed by atoms with Crippen LogP contribution in [-0.4, -0.2) is 9.78 Å². The van der Waals surface area contributed by atoms with E-state index in [0.29, 0.717) is 5.02 Å². The van der Waals surface area contributed by atoms with Crippen LogP contribution in [-0.2, 0) is 12.5 Å². The number of halogens is 1. The van der Waals surface area contributed by atoms with Gasteiger partial charge in [-0.25, -0.2) is 0 Å². The van der Waals surface area contributed by atoms with Gasteiger partial charge in [-0.1, -0.05) is 55.8 Å². The van der Waals surface area contributed by atoms with Gasteiger partial charge in [0.25, 0.3) is 0 Å². The summed E-state index contributed by atoms with van der Waals surface area (Å²) in [5.41, 5.74) is 8.25. The molecule has 0 saturated heterocycles. The zero-order valence-electron chi connectivity index (χ0n) is 10.9. The van der Waals surface area contributed by atoms with Crippen molar-refractivity contribution in [2.75, 3.05) is 0 Å². The molecule has 0 bridgehead atoms. The number of benzene rings is 1. The van der Waals surface area contributed by atoms with Crippen LogP contribution >= 0.6 is 11.6 Å². The summed E-state index contributed by atoms with van der Waals surface area (Å²) >= 11 is 6.17. The largest absolute Gasteiger partial charge is 0.322 e. The fourth-order valence-corrected chi connectivity index (χ4v) is 2.44. The third-order valence-electron chi connectivity index (χ3n) is 3.53. The van der Waals surface area contributed by atoms with Crippen LogP contribution in [0.25, 0.3) is 0 Å². The van der Waals surface area contributed by atoms with Gasteiger partial charge in [-0.15, -0.1) is 0 Å². The molecule has 0 fully saturated rings. The Hall–Kier alpha value is -1.32. The SMILES string of the molecule is Cn1ncc(Cl)c1C(N)C(C)(C)c1ccccc1. The maximum Gasteiger partial charge on any atom is 0.0834 e. The molecule has 96 valence electrons. The zero-order valence-corrected chi connectivity index (χ0v) is 11.6. The highest BCUT2D eigenvalue weighted by Crippen LogP contribution is 2.37. The first-order chi connectivity index (χ1) is 8.44. The van der Waals surface area contributed by atoms with Gasteiger partial charge in [-0.2, -0.15) is 5.10 Å². The monoisotopic (exact) mass is 263 g/mol. The second kappa shape index (κ2) is 4.75. The molecule has 0 aliphatic carbocycles. The van der Waals surface area contributed by atoms with Gasteiger partial charge in [-0.3, -0.25) is 4.68 Å². The predicted molar refractivity (Wildman–Crippen MR) is 74.6 cm³/mol. The molecule has 1 heterocycles. The molecule has 4 heteroatoms. The zero-order chi connectivity index (χ0) is 13.3. The highest BCUT2D eigenvalue weighted by molar-refractivity contribution is 6.31. The molecular weight excluding hydrogens is 246 g/mol. The molecule has 1 unspecified atom stereocenters. The van der Waals surface area contributed by atoms with Gasteiger partial charge in [0, 0.05) is 12.5 Å². The van der Waals surface area contributed by atoms with E-state index in [1.807, 2.05) is 25.2 Å². The van der Waals surface area contributed by atoms with Crippen LogP contribution < -0.4 is 5.73 Å². The second-order valence-electron chi connectivity index (χ2n) is 5.07. The molecule has 3 nitrogen and oxygen atoms in total. The van der Waals surface area contributed by atoms with Crippen LogP contribution in [0, 0.1) is 0 Å². The van der Waals surface area contributed by atoms with Gasteiger partial charge in [0.15, 0.2) is 0 Å². The summed E-state index contributed by atoms with van der Waals surface area (Å²) in [7, 11) is 1.86. The van der Waals surface area contributed by atoms with Crippen LogP contribution in [0.3, 0.4) is 0 Å². The number of rotatable bonds is 3. The lowest BCUT2D eigenvalue weighted by Crippen LogP contribution is -2.34. The minimum atomic E-state index is -0.210. The van der Waals surface area contributed by atoms with E-state index >= 15 is 0 Å². The highest BCUT2D eigenvalue weighted by atomic mass is 35.5. The van der Waals surface area contributed by atoms with Crippen molar-refractivity contribution >= 4 is 11.6 Å². The molecule has 0 aliphatic rings. The van der Waals surface area contributed by atoms with Crippen molar-refractivity contribution in [3.05, 3.63) is 52.8 Å². The predicted octanol–water partition coefficient (Wildman–Crippen LogP) is 3.05. The summed E-state index contributed by atoms with van der Waals surface area (Å²) in [6, 6.07) is 10.0. The smallest absolute Gasteiger partial charge is 0.0834 e. The maximum absolute atomic E-state index is 6.41. The van der Waals surface area contributed by atoms with E-state index in [-0.39, 0.29) is 11.5 Å². The molecule has 2 N–H and O–H groups in total. The average Bonchev–Trinajstić information content (AvgIpc) is 2.69. The first-order valence-corrected chi connectivity index (χ1v) is 6.31. The Kier molecular flexibility index (Phi) is 3.46. The van der Waals surface area contributed by atoms with E-state index in [1.54, 1.807) is 10.9 Å². The molecule has 1 aromatic carbocycles. The molecule has 1 atom stereocenters. The lowest BCUT2D eigenvalue weighted by atomic mass is 9.77. The van der Waals surface area contributed by atoms with Gasteiger partial charge in [-0.05, 0) is 5.56 Å². The van der Waals surface area contributed by atoms with Gasteiger partial charge < -0.3 is 5.73 Å². The molecule has 18 heavy (non-hydrogen) atoms. The molecule has 1 aromatic heterocycles. The quantitative estimate of drug-likeness (QED) is 0.925. The highest BCUT2D eigenvalue weighted by Gasteiger charge is 2.32. The Balaban J connectivity index is 2.42. The summed E-state index contributed by atoms with van der Waals surface area (Å²) in [4.78, 5) is 0. The van der Waals surface area contributed by atoms with Gasteiger partial charge in [0.1, 0.15) is 0 Å². The minimum Gasteiger partial charge on any atom is -0.322 e. The van der Waals surface area contributed by atoms with Crippen molar-refractivity contribution in [2.24, 2.45) is 12.8 Å². The molecule has 0 aliphatic heterocycles. The summed E-state index contributed by atoms with van der Waals surface area (Å²) in [5.74, 6) is 0. The summed E-state index contributed by atoms with van der Waals surface area (Å²) < 4.78 is 1.75. The van der Waals surface area contributed by atoms with Gasteiger partial charge >= 0.3 is 0 Å². The van der Waals surface area contributed by atoms with Crippen LogP contribution in [0.15, 0.2) is 36.5 Å². The Bertz CT molecular complexity index is 512. The van der Waals surface area contributed by atoms with E-state index in [2.05, 4.69) is 31.1 Å². The molecule has 0 spiro atoms. The lowest BCUT2D eigenvalue weighted by Gasteiger charge is -2.32. The molecule has 0 saturated carbocycles. The summed E-state index contributed by atoms with van der Waals surface area (Å²) in [5, 5.41) is 4.77. The third kappa shape index (κ3) is 2.16. The first kappa shape index (κ1) is 13.1. The van der Waals surface area contributed by atoms with Crippen molar-refractivity contribution < 1.29 is 0 Å². The fourth-order valence-electron chi connectivity index (χ4n) is 2.16. The van der Waals surface area contributed by atoms with E-state index in [1.165, 1.54) is 5.56 Å². The molecule has 2 rings (SSSR count). The molecule has 0 amide bonds. The third-order valence-corrected chi connectivity index (χ3v) is 3.82. The summed E-state index contributed by atoms with van der Waals surface area (Å²) in [6.45, 7) is 4.24. The molecule has 0 radical (unpaired) electrons. The van der Waals surface area contributed by atoms with E-state index in [0.717, 1.165) is 5.69 Å². The van der Waals surface area contributed by atoms with Crippen molar-refractivity contribution in [3.8, 4) is 0 Å². The van der Waals surface area contributed by atoms with Crippen LogP contribution in [0.1, 0.15) is 31.1 Å². The van der Waals surface area contributed by atoms with Crippen molar-refractivity contribution in [3.63, 3.8) is 0 Å². The Morgan fingerprint density at radius 3 is 2.39 bits per heavy atom. The number of hydrogen-bond acceptors (Lipinski definition) is 2. The normalized spacial score (nSPS) is 13.6. The maximum atomic E-state index is 6.41. The van der Waals surface area contributed by atoms with Crippen molar-refractivity contribution in [2.45, 2.75) is 25.3 Å². The average molecular weight is 264 g/mol. The number of aryl methyl sites for hydroxylation is 1. The number of nitrogens with two attached hydrogens (primary N) is 1. The van der Waals surface area contributed by atoms with Crippen molar-refractivity contribution in [1.82, 2.24) is 9.78 Å². The Morgan fingerprint density at radius 1 is 1.28 bits per heavy atom. The number of aromatic nitrogens is 2. The van der Waals surface area contributed by atoms with E-state index in [9.17, 15) is 0 Å². The standard InChI is InChI=1S/C14H18ClN3/c1-14(2,10-7-5-4-6-8-10)13(16)12-11(15)9-17-18(12)3/h4-9,13H,16H2,1-3H3. The number of nitrogens with zero attached hydrogens (tertiary/aromatic N) is 2. The second-order valence-corrected chi connectivity index (χ2v) is 5.47. The molecular formula is C14H18ClN3. The van der Waals surface area contributed by atoms with Crippen molar-refractivity contribution in [1.29, 1.82) is 0 Å². The molecule has 2 aromatic rings. The van der Waals surface area contributed by atoms with Gasteiger partial charge in [0.2, 0.25) is 0 Å². The number of hydrogen-bond donors (Lipinski definition) is 1. The van der Waals surface area contributed by atoms with Gasteiger partial charge in [0.05, 0.1) is 23.0 Å². The Labute approximate surface area is 113 Å². The Morgan fingerprint density at radius 2 is 1.89 bits per heavy atom. The van der Waals surface area contributed by atoms with Crippen LogP contribution in [0.4, 0.5) is 0 Å². The van der Waals surface area contributed by atoms with E-state index in [4.69, 9.17) is 17.3 Å². The first-order valence-electron chi connectivity index (χ1n) is 5.93. The van der Waals surface area contributed by atoms with Crippen LogP contribution in [0.2, 0.25) is 5.02 Å². The summed E-state index contributed by atoms with van der Waals surface area (Å²) in [6.07, 6.45) is 1.64. The minimum absolute atomic E-state index is 0.208. The topological polar surface area (TPSA) is 43.8 Å². The van der Waals surface area contributed by atoms with Crippen LogP contribution in [0.5, 0.6) is 0 Å². The lowest BCUT2D eigenvalue weighted by molar-refractivity contribution is 0.400. The van der Waals surface area contributed by atoms with E-state index < -0.39 is 0 Å². The fraction of sp³-hybridized carbons (Fsp3) is 0.357.